The van der Waals surface area contributed by atoms with E-state index in [-0.39, 0.29) is 18.1 Å². The summed E-state index contributed by atoms with van der Waals surface area (Å²) < 4.78 is 5.12. The van der Waals surface area contributed by atoms with E-state index < -0.39 is 11.9 Å². The van der Waals surface area contributed by atoms with Gasteiger partial charge in [0.05, 0.1) is 11.3 Å². The lowest BCUT2D eigenvalue weighted by Gasteiger charge is -2.10. The first-order chi connectivity index (χ1) is 12.3. The first-order valence-electron chi connectivity index (χ1n) is 8.11. The maximum Gasteiger partial charge on any atom is 0.339 e. The zero-order chi connectivity index (χ0) is 19.1. The van der Waals surface area contributed by atoms with Gasteiger partial charge < -0.3 is 10.1 Å². The normalized spacial score (nSPS) is 10.3. The van der Waals surface area contributed by atoms with E-state index in [1.807, 2.05) is 32.0 Å². The van der Waals surface area contributed by atoms with Crippen LogP contribution >= 0.6 is 11.8 Å². The molecule has 0 saturated carbocycles. The summed E-state index contributed by atoms with van der Waals surface area (Å²) >= 11 is 1.27. The minimum Gasteiger partial charge on any atom is -0.452 e. The summed E-state index contributed by atoms with van der Waals surface area (Å²) in [7, 11) is 0. The molecule has 0 fully saturated rings. The van der Waals surface area contributed by atoms with Gasteiger partial charge >= 0.3 is 5.97 Å². The Morgan fingerprint density at radius 2 is 1.69 bits per heavy atom. The fourth-order valence-corrected chi connectivity index (χ4v) is 3.23. The van der Waals surface area contributed by atoms with Crippen molar-refractivity contribution in [2.75, 3.05) is 17.7 Å². The van der Waals surface area contributed by atoms with Crippen LogP contribution in [0.2, 0.25) is 0 Å². The molecule has 2 aromatic rings. The smallest absolute Gasteiger partial charge is 0.339 e. The van der Waals surface area contributed by atoms with Gasteiger partial charge in [-0.15, -0.1) is 11.8 Å². The van der Waals surface area contributed by atoms with Crippen molar-refractivity contribution in [3.05, 3.63) is 59.2 Å². The van der Waals surface area contributed by atoms with Gasteiger partial charge in [0, 0.05) is 10.6 Å². The average Bonchev–Trinajstić information content (AvgIpc) is 2.57. The Kier molecular flexibility index (Phi) is 6.97. The predicted molar refractivity (Wildman–Crippen MR) is 103 cm³/mol. The van der Waals surface area contributed by atoms with E-state index in [4.69, 9.17) is 4.74 Å². The van der Waals surface area contributed by atoms with Gasteiger partial charge in [-0.05, 0) is 56.2 Å². The number of benzene rings is 2. The van der Waals surface area contributed by atoms with E-state index in [2.05, 4.69) is 5.32 Å². The number of rotatable bonds is 7. The number of anilines is 1. The van der Waals surface area contributed by atoms with E-state index >= 15 is 0 Å². The first kappa shape index (κ1) is 19.7. The van der Waals surface area contributed by atoms with Gasteiger partial charge in [0.1, 0.15) is 5.78 Å². The molecular weight excluding hydrogens is 350 g/mol. The summed E-state index contributed by atoms with van der Waals surface area (Å²) in [5, 5.41) is 2.72. The van der Waals surface area contributed by atoms with Gasteiger partial charge in [-0.1, -0.05) is 18.2 Å². The minimum atomic E-state index is -0.591. The number of Topliss-reactive ketones (excluding diaryl/α,β-unsaturated/α-hetero) is 1. The second-order valence-corrected chi connectivity index (χ2v) is 7.00. The van der Waals surface area contributed by atoms with Gasteiger partial charge in [-0.25, -0.2) is 4.79 Å². The van der Waals surface area contributed by atoms with Gasteiger partial charge in [-0.2, -0.15) is 0 Å². The van der Waals surface area contributed by atoms with Crippen LogP contribution in [-0.4, -0.2) is 30.0 Å². The molecule has 0 aliphatic heterocycles. The molecule has 0 heterocycles. The lowest BCUT2D eigenvalue weighted by atomic mass is 10.1. The number of ether oxygens (including phenoxy) is 1. The first-order valence-corrected chi connectivity index (χ1v) is 9.10. The molecule has 6 heteroatoms. The highest BCUT2D eigenvalue weighted by molar-refractivity contribution is 8.00. The number of hydrogen-bond donors (Lipinski definition) is 1. The zero-order valence-electron chi connectivity index (χ0n) is 15.0. The molecule has 0 spiro atoms. The standard InChI is InChI=1S/C20H21NO4S/c1-13-8-14(2)10-16(9-13)21-19(23)11-25-20(24)17-6-4-5-7-18(17)26-12-15(3)22/h4-10H,11-12H2,1-3H3,(H,21,23). The highest BCUT2D eigenvalue weighted by atomic mass is 32.2. The van der Waals surface area contributed by atoms with Crippen LogP contribution in [0, 0.1) is 13.8 Å². The summed E-state index contributed by atoms with van der Waals surface area (Å²) in [4.78, 5) is 36.1. The van der Waals surface area contributed by atoms with Crippen LogP contribution in [0.25, 0.3) is 0 Å². The number of nitrogens with one attached hydrogen (secondary N) is 1. The number of esters is 1. The zero-order valence-corrected chi connectivity index (χ0v) is 15.8. The summed E-state index contributed by atoms with van der Waals surface area (Å²) in [6.45, 7) is 5.00. The largest absolute Gasteiger partial charge is 0.452 e. The van der Waals surface area contributed by atoms with E-state index in [1.165, 1.54) is 18.7 Å². The second kappa shape index (κ2) is 9.20. The number of carbonyl (C=O) groups excluding carboxylic acids is 3. The molecule has 5 nitrogen and oxygen atoms in total. The molecule has 0 saturated heterocycles. The van der Waals surface area contributed by atoms with Crippen LogP contribution in [0.4, 0.5) is 5.69 Å². The molecule has 1 N–H and O–H groups in total. The topological polar surface area (TPSA) is 72.5 Å². The Morgan fingerprint density at radius 1 is 1.04 bits per heavy atom. The third-order valence-electron chi connectivity index (χ3n) is 3.38. The Bertz CT molecular complexity index is 812. The molecule has 0 atom stereocenters. The lowest BCUT2D eigenvalue weighted by Crippen LogP contribution is -2.21. The van der Waals surface area contributed by atoms with Crippen molar-refractivity contribution in [2.24, 2.45) is 0 Å². The van der Waals surface area contributed by atoms with Crippen LogP contribution in [0.15, 0.2) is 47.4 Å². The molecule has 0 bridgehead atoms. The van der Waals surface area contributed by atoms with Crippen molar-refractivity contribution in [3.63, 3.8) is 0 Å². The second-order valence-electron chi connectivity index (χ2n) is 5.99. The number of amides is 1. The molecule has 0 unspecified atom stereocenters. The molecule has 0 aliphatic rings. The lowest BCUT2D eigenvalue weighted by molar-refractivity contribution is -0.119. The van der Waals surface area contributed by atoms with E-state index in [1.54, 1.807) is 24.3 Å². The number of ketones is 1. The van der Waals surface area contributed by atoms with E-state index in [0.717, 1.165) is 11.1 Å². The quantitative estimate of drug-likeness (QED) is 0.592. The van der Waals surface area contributed by atoms with E-state index in [0.29, 0.717) is 16.1 Å². The van der Waals surface area contributed by atoms with Crippen LogP contribution in [0.1, 0.15) is 28.4 Å². The highest BCUT2D eigenvalue weighted by Crippen LogP contribution is 2.23. The summed E-state index contributed by atoms with van der Waals surface area (Å²) in [5.41, 5.74) is 3.08. The van der Waals surface area contributed by atoms with Crippen LogP contribution in [-0.2, 0) is 14.3 Å². The molecule has 0 radical (unpaired) electrons. The average molecular weight is 371 g/mol. The van der Waals surface area contributed by atoms with Crippen molar-refractivity contribution in [1.82, 2.24) is 0 Å². The number of carbonyl (C=O) groups is 3. The third-order valence-corrected chi connectivity index (χ3v) is 4.60. The molecule has 136 valence electrons. The minimum absolute atomic E-state index is 0.0194. The molecule has 2 aromatic carbocycles. The van der Waals surface area contributed by atoms with Crippen molar-refractivity contribution < 1.29 is 19.1 Å². The van der Waals surface area contributed by atoms with Gasteiger partial charge in [0.15, 0.2) is 6.61 Å². The predicted octanol–water partition coefficient (Wildman–Crippen LogP) is 3.78. The number of aryl methyl sites for hydroxylation is 2. The fraction of sp³-hybridized carbons (Fsp3) is 0.250. The summed E-state index contributed by atoms with van der Waals surface area (Å²) in [5.74, 6) is -0.701. The SMILES string of the molecule is CC(=O)CSc1ccccc1C(=O)OCC(=O)Nc1cc(C)cc(C)c1. The van der Waals surface area contributed by atoms with Gasteiger partial charge in [0.25, 0.3) is 5.91 Å². The Morgan fingerprint density at radius 3 is 2.35 bits per heavy atom. The summed E-state index contributed by atoms with van der Waals surface area (Å²) in [6, 6.07) is 12.6. The Hall–Kier alpha value is -2.60. The Balaban J connectivity index is 1.95. The van der Waals surface area contributed by atoms with Crippen molar-refractivity contribution in [2.45, 2.75) is 25.7 Å². The van der Waals surface area contributed by atoms with Crippen LogP contribution < -0.4 is 5.32 Å². The molecule has 0 aliphatic carbocycles. The molecule has 1 amide bonds. The molecule has 26 heavy (non-hydrogen) atoms. The van der Waals surface area contributed by atoms with Crippen LogP contribution in [0.5, 0.6) is 0 Å². The maximum absolute atomic E-state index is 12.3. The van der Waals surface area contributed by atoms with Gasteiger partial charge in [0.2, 0.25) is 0 Å². The van der Waals surface area contributed by atoms with Crippen molar-refractivity contribution in [3.8, 4) is 0 Å². The highest BCUT2D eigenvalue weighted by Gasteiger charge is 2.15. The molecular formula is C20H21NO4S. The molecule has 0 aromatic heterocycles. The van der Waals surface area contributed by atoms with E-state index in [9.17, 15) is 14.4 Å². The monoisotopic (exact) mass is 371 g/mol. The number of thioether (sulfide) groups is 1. The molecule has 2 rings (SSSR count). The third kappa shape index (κ3) is 6.04. The van der Waals surface area contributed by atoms with Gasteiger partial charge in [-0.3, -0.25) is 9.59 Å². The number of hydrogen-bond acceptors (Lipinski definition) is 5. The van der Waals surface area contributed by atoms with Crippen LogP contribution in [0.3, 0.4) is 0 Å². The maximum atomic E-state index is 12.3. The Labute approximate surface area is 157 Å². The van der Waals surface area contributed by atoms with Crippen molar-refractivity contribution in [1.29, 1.82) is 0 Å². The van der Waals surface area contributed by atoms with Crippen molar-refractivity contribution >= 4 is 35.1 Å². The fourth-order valence-electron chi connectivity index (χ4n) is 2.39. The summed E-state index contributed by atoms with van der Waals surface area (Å²) in [6.07, 6.45) is 0.